The highest BCUT2D eigenvalue weighted by molar-refractivity contribution is 6.05. The first kappa shape index (κ1) is 17.7. The minimum absolute atomic E-state index is 0.188. The topological polar surface area (TPSA) is 96.3 Å². The molecule has 1 aliphatic rings. The van der Waals surface area contributed by atoms with Gasteiger partial charge in [0.05, 0.1) is 11.4 Å². The number of carbonyl (C=O) groups excluding carboxylic acids is 3. The van der Waals surface area contributed by atoms with Crippen LogP contribution >= 0.6 is 0 Å². The van der Waals surface area contributed by atoms with Crippen molar-refractivity contribution in [3.05, 3.63) is 42.6 Å². The van der Waals surface area contributed by atoms with Gasteiger partial charge in [0, 0.05) is 25.5 Å². The first-order valence-corrected chi connectivity index (χ1v) is 8.44. The second-order valence-electron chi connectivity index (χ2n) is 6.26. The Bertz CT molecular complexity index is 873. The van der Waals surface area contributed by atoms with Gasteiger partial charge in [-0.3, -0.25) is 29.9 Å². The molecule has 1 aromatic heterocycles. The number of benzene rings is 1. The van der Waals surface area contributed by atoms with Gasteiger partial charge < -0.3 is 4.90 Å². The van der Waals surface area contributed by atoms with Crippen LogP contribution in [0.25, 0.3) is 10.9 Å². The van der Waals surface area contributed by atoms with Crippen LogP contribution in [0.5, 0.6) is 0 Å². The third-order valence-electron chi connectivity index (χ3n) is 4.55. The second-order valence-corrected chi connectivity index (χ2v) is 6.26. The van der Waals surface area contributed by atoms with Gasteiger partial charge in [-0.05, 0) is 25.0 Å². The first-order chi connectivity index (χ1) is 12.5. The van der Waals surface area contributed by atoms with E-state index >= 15 is 0 Å². The Morgan fingerprint density at radius 3 is 2.81 bits per heavy atom. The number of amides is 3. The number of hydrazine groups is 1. The zero-order valence-electron chi connectivity index (χ0n) is 14.6. The van der Waals surface area contributed by atoms with E-state index in [0.29, 0.717) is 24.9 Å². The van der Waals surface area contributed by atoms with Crippen LogP contribution < -0.4 is 10.9 Å². The van der Waals surface area contributed by atoms with Gasteiger partial charge in [-0.1, -0.05) is 24.8 Å². The number of piperidine rings is 1. The largest absolute Gasteiger partial charge is 0.338 e. The Morgan fingerprint density at radius 1 is 1.27 bits per heavy atom. The molecule has 1 saturated heterocycles. The summed E-state index contributed by atoms with van der Waals surface area (Å²) in [6, 6.07) is 7.36. The van der Waals surface area contributed by atoms with Gasteiger partial charge in [0.15, 0.2) is 5.69 Å². The summed E-state index contributed by atoms with van der Waals surface area (Å²) in [6.07, 6.45) is 2.64. The minimum atomic E-state index is -0.481. The summed E-state index contributed by atoms with van der Waals surface area (Å²) in [5.41, 5.74) is 5.95. The lowest BCUT2D eigenvalue weighted by Crippen LogP contribution is -2.49. The van der Waals surface area contributed by atoms with E-state index in [1.54, 1.807) is 22.7 Å². The molecule has 26 heavy (non-hydrogen) atoms. The average Bonchev–Trinajstić information content (AvgIpc) is 3.02. The fraction of sp³-hybridized carbons (Fsp3) is 0.333. The van der Waals surface area contributed by atoms with Crippen molar-refractivity contribution in [2.24, 2.45) is 13.0 Å². The summed E-state index contributed by atoms with van der Waals surface area (Å²) in [7, 11) is 1.75. The summed E-state index contributed by atoms with van der Waals surface area (Å²) >= 11 is 0. The van der Waals surface area contributed by atoms with Crippen LogP contribution in [0.2, 0.25) is 0 Å². The zero-order valence-corrected chi connectivity index (χ0v) is 14.6. The fourth-order valence-electron chi connectivity index (χ4n) is 3.18. The maximum atomic E-state index is 12.4. The molecule has 0 radical (unpaired) electrons. The molecule has 0 spiro atoms. The first-order valence-electron chi connectivity index (χ1n) is 8.44. The Morgan fingerprint density at radius 2 is 2.04 bits per heavy atom. The number of aryl methyl sites for hydroxylation is 1. The van der Waals surface area contributed by atoms with Crippen molar-refractivity contribution >= 4 is 28.6 Å². The number of aromatic nitrogens is 2. The minimum Gasteiger partial charge on any atom is -0.338 e. The van der Waals surface area contributed by atoms with Crippen molar-refractivity contribution in [1.29, 1.82) is 0 Å². The van der Waals surface area contributed by atoms with Crippen LogP contribution in [0.1, 0.15) is 23.3 Å². The van der Waals surface area contributed by atoms with Gasteiger partial charge in [0.2, 0.25) is 11.8 Å². The molecule has 1 fully saturated rings. The highest BCUT2D eigenvalue weighted by Crippen LogP contribution is 2.18. The Hall–Kier alpha value is -3.16. The molecule has 8 nitrogen and oxygen atoms in total. The predicted molar refractivity (Wildman–Crippen MR) is 95.8 cm³/mol. The number of para-hydroxylation sites is 1. The van der Waals surface area contributed by atoms with E-state index in [4.69, 9.17) is 0 Å². The number of hydrogen-bond donors (Lipinski definition) is 2. The Kier molecular flexibility index (Phi) is 5.01. The summed E-state index contributed by atoms with van der Waals surface area (Å²) < 4.78 is 1.62. The number of hydrogen-bond acceptors (Lipinski definition) is 4. The summed E-state index contributed by atoms with van der Waals surface area (Å²) in [6.45, 7) is 4.40. The van der Waals surface area contributed by atoms with Crippen LogP contribution in [-0.4, -0.2) is 45.5 Å². The molecular formula is C18H21N5O3. The standard InChI is InChI=1S/C18H21N5O3/c1-3-15(24)23-10-6-7-12(11-23)17(25)19-20-18(26)16-13-8-4-5-9-14(13)22(2)21-16/h3-5,8-9,12H,1,6-7,10-11H2,2H3,(H,19,25)(H,20,26). The third-order valence-corrected chi connectivity index (χ3v) is 4.55. The molecule has 2 heterocycles. The average molecular weight is 355 g/mol. The Labute approximate surface area is 150 Å². The maximum Gasteiger partial charge on any atom is 0.290 e. The van der Waals surface area contributed by atoms with Gasteiger partial charge in [-0.2, -0.15) is 5.10 Å². The smallest absolute Gasteiger partial charge is 0.290 e. The monoisotopic (exact) mass is 355 g/mol. The predicted octanol–water partition coefficient (Wildman–Crippen LogP) is 0.759. The highest BCUT2D eigenvalue weighted by Gasteiger charge is 2.28. The van der Waals surface area contributed by atoms with Crippen molar-refractivity contribution < 1.29 is 14.4 Å². The lowest BCUT2D eigenvalue weighted by atomic mass is 9.97. The van der Waals surface area contributed by atoms with E-state index in [9.17, 15) is 14.4 Å². The van der Waals surface area contributed by atoms with Crippen LogP contribution in [0.3, 0.4) is 0 Å². The van der Waals surface area contributed by atoms with Crippen LogP contribution in [0.4, 0.5) is 0 Å². The fourth-order valence-corrected chi connectivity index (χ4v) is 3.18. The lowest BCUT2D eigenvalue weighted by Gasteiger charge is -2.31. The number of nitrogens with one attached hydrogen (secondary N) is 2. The molecule has 2 N–H and O–H groups in total. The SMILES string of the molecule is C=CC(=O)N1CCCC(C(=O)NNC(=O)c2nn(C)c3ccccc23)C1. The van der Waals surface area contributed by atoms with E-state index in [-0.39, 0.29) is 23.4 Å². The molecule has 136 valence electrons. The molecule has 1 aliphatic heterocycles. The van der Waals surface area contributed by atoms with Crippen LogP contribution in [0.15, 0.2) is 36.9 Å². The number of rotatable bonds is 3. The molecule has 3 rings (SSSR count). The van der Waals surface area contributed by atoms with Gasteiger partial charge >= 0.3 is 0 Å². The van der Waals surface area contributed by atoms with Crippen molar-refractivity contribution in [2.75, 3.05) is 13.1 Å². The van der Waals surface area contributed by atoms with Crippen molar-refractivity contribution in [2.45, 2.75) is 12.8 Å². The summed E-state index contributed by atoms with van der Waals surface area (Å²) in [4.78, 5) is 38.0. The molecule has 1 unspecified atom stereocenters. The van der Waals surface area contributed by atoms with Gasteiger partial charge in [0.25, 0.3) is 5.91 Å². The number of likely N-dealkylation sites (tertiary alicyclic amines) is 1. The highest BCUT2D eigenvalue weighted by atomic mass is 16.2. The summed E-state index contributed by atoms with van der Waals surface area (Å²) in [5.74, 6) is -1.36. The van der Waals surface area contributed by atoms with Crippen molar-refractivity contribution in [3.63, 3.8) is 0 Å². The lowest BCUT2D eigenvalue weighted by molar-refractivity contribution is -0.132. The molecule has 3 amide bonds. The van der Waals surface area contributed by atoms with E-state index in [1.807, 2.05) is 18.2 Å². The number of fused-ring (bicyclic) bond motifs is 1. The molecule has 2 aromatic rings. The van der Waals surface area contributed by atoms with Crippen molar-refractivity contribution in [1.82, 2.24) is 25.5 Å². The molecular weight excluding hydrogens is 334 g/mol. The molecule has 8 heteroatoms. The van der Waals surface area contributed by atoms with Gasteiger partial charge in [-0.25, -0.2) is 0 Å². The van der Waals surface area contributed by atoms with E-state index < -0.39 is 5.91 Å². The van der Waals surface area contributed by atoms with E-state index in [2.05, 4.69) is 22.5 Å². The molecule has 1 aromatic carbocycles. The molecule has 1 atom stereocenters. The maximum absolute atomic E-state index is 12.4. The number of nitrogens with zero attached hydrogens (tertiary/aromatic N) is 3. The zero-order chi connectivity index (χ0) is 18.7. The van der Waals surface area contributed by atoms with E-state index in [1.165, 1.54) is 6.08 Å². The van der Waals surface area contributed by atoms with E-state index in [0.717, 1.165) is 11.9 Å². The normalized spacial score (nSPS) is 17.0. The molecule has 0 bridgehead atoms. The number of carbonyl (C=O) groups is 3. The third kappa shape index (κ3) is 3.44. The molecule has 0 aliphatic carbocycles. The van der Waals surface area contributed by atoms with Gasteiger partial charge in [-0.15, -0.1) is 0 Å². The van der Waals surface area contributed by atoms with Crippen LogP contribution in [0, 0.1) is 5.92 Å². The quantitative estimate of drug-likeness (QED) is 0.627. The van der Waals surface area contributed by atoms with Gasteiger partial charge in [0.1, 0.15) is 0 Å². The summed E-state index contributed by atoms with van der Waals surface area (Å²) in [5, 5.41) is 4.93. The second kappa shape index (κ2) is 7.38. The Balaban J connectivity index is 1.63. The molecule has 0 saturated carbocycles. The van der Waals surface area contributed by atoms with Crippen LogP contribution in [-0.2, 0) is 16.6 Å². The van der Waals surface area contributed by atoms with Crippen molar-refractivity contribution in [3.8, 4) is 0 Å².